The monoisotopic (exact) mass is 421 g/mol. The third-order valence-corrected chi connectivity index (χ3v) is 6.37. The molecule has 28 heavy (non-hydrogen) atoms. The second-order valence-electron chi connectivity index (χ2n) is 7.35. The summed E-state index contributed by atoms with van der Waals surface area (Å²) in [6.45, 7) is 4.20. The fourth-order valence-corrected chi connectivity index (χ4v) is 4.56. The number of benzene rings is 1. The number of carbonyl (C=O) groups is 1. The molecule has 0 radical (unpaired) electrons. The summed E-state index contributed by atoms with van der Waals surface area (Å²) in [4.78, 5) is 16.3. The molecule has 0 spiro atoms. The summed E-state index contributed by atoms with van der Waals surface area (Å²) >= 11 is 1.69. The molecule has 1 aliphatic heterocycles. The molecule has 2 aromatic rings. The number of hydrogen-bond donors (Lipinski definition) is 2. The maximum Gasteiger partial charge on any atom is 0.222 e. The molecule has 0 saturated carbocycles. The second-order valence-corrected chi connectivity index (χ2v) is 8.33. The van der Waals surface area contributed by atoms with E-state index in [-0.39, 0.29) is 24.4 Å². The molecule has 1 unspecified atom stereocenters. The van der Waals surface area contributed by atoms with E-state index in [2.05, 4.69) is 39.1 Å². The number of halogens is 1. The van der Waals surface area contributed by atoms with E-state index < -0.39 is 0 Å². The first kappa shape index (κ1) is 22.9. The number of nitrogens with one attached hydrogen (secondary N) is 2. The fourth-order valence-electron chi connectivity index (χ4n) is 3.76. The zero-order valence-electron chi connectivity index (χ0n) is 16.6. The quantitative estimate of drug-likeness (QED) is 0.641. The standard InChI is InChI=1S/C22H31N3OS.ClH/c1-23-13-9-18-10-14-25(15-11-18)16-12-21(26)24-22(20-8-5-17-27-20)19-6-3-2-4-7-19;/h2-8,17-18,22-23H,9-16H2,1H3,(H,24,26);1H. The molecule has 2 heterocycles. The van der Waals surface area contributed by atoms with E-state index in [1.54, 1.807) is 11.3 Å². The molecule has 1 amide bonds. The minimum Gasteiger partial charge on any atom is -0.344 e. The van der Waals surface area contributed by atoms with Crippen LogP contribution in [0.25, 0.3) is 0 Å². The van der Waals surface area contributed by atoms with Gasteiger partial charge in [0.2, 0.25) is 5.91 Å². The summed E-state index contributed by atoms with van der Waals surface area (Å²) in [5, 5.41) is 8.56. The highest BCUT2D eigenvalue weighted by molar-refractivity contribution is 7.10. The van der Waals surface area contributed by atoms with Crippen LogP contribution < -0.4 is 10.6 Å². The number of thiophene rings is 1. The Balaban J connectivity index is 0.00000280. The van der Waals surface area contributed by atoms with Crippen molar-refractivity contribution >= 4 is 29.7 Å². The third kappa shape index (κ3) is 6.89. The topological polar surface area (TPSA) is 44.4 Å². The van der Waals surface area contributed by atoms with Crippen LogP contribution in [0.3, 0.4) is 0 Å². The van der Waals surface area contributed by atoms with Gasteiger partial charge in [-0.1, -0.05) is 36.4 Å². The Morgan fingerprint density at radius 1 is 1.18 bits per heavy atom. The Hall–Kier alpha value is -1.40. The molecule has 1 atom stereocenters. The van der Waals surface area contributed by atoms with Gasteiger partial charge < -0.3 is 15.5 Å². The van der Waals surface area contributed by atoms with Crippen molar-refractivity contribution in [1.82, 2.24) is 15.5 Å². The normalized spacial score (nSPS) is 16.3. The number of carbonyl (C=O) groups excluding carboxylic acids is 1. The predicted molar refractivity (Wildman–Crippen MR) is 120 cm³/mol. The van der Waals surface area contributed by atoms with Crippen LogP contribution in [-0.4, -0.2) is 44.0 Å². The van der Waals surface area contributed by atoms with E-state index in [1.807, 2.05) is 31.3 Å². The van der Waals surface area contributed by atoms with Gasteiger partial charge in [-0.05, 0) is 68.9 Å². The number of amides is 1. The number of hydrogen-bond acceptors (Lipinski definition) is 4. The zero-order chi connectivity index (χ0) is 18.9. The Morgan fingerprint density at radius 3 is 2.57 bits per heavy atom. The summed E-state index contributed by atoms with van der Waals surface area (Å²) in [5.41, 5.74) is 1.14. The van der Waals surface area contributed by atoms with E-state index in [1.165, 1.54) is 24.1 Å². The van der Waals surface area contributed by atoms with E-state index in [9.17, 15) is 4.79 Å². The summed E-state index contributed by atoms with van der Waals surface area (Å²) in [7, 11) is 2.02. The van der Waals surface area contributed by atoms with Crippen molar-refractivity contribution in [3.63, 3.8) is 0 Å². The molecule has 3 rings (SSSR count). The van der Waals surface area contributed by atoms with Crippen molar-refractivity contribution in [2.75, 3.05) is 33.2 Å². The SMILES string of the molecule is CNCCC1CCN(CCC(=O)NC(c2ccccc2)c2cccs2)CC1.Cl. The number of piperidine rings is 1. The summed E-state index contributed by atoms with van der Waals surface area (Å²) in [6, 6.07) is 14.3. The van der Waals surface area contributed by atoms with Gasteiger partial charge in [0, 0.05) is 17.8 Å². The second kappa shape index (κ2) is 12.2. The molecule has 4 nitrogen and oxygen atoms in total. The number of likely N-dealkylation sites (tertiary alicyclic amines) is 1. The Labute approximate surface area is 179 Å². The van der Waals surface area contributed by atoms with Crippen LogP contribution >= 0.6 is 23.7 Å². The van der Waals surface area contributed by atoms with Gasteiger partial charge in [-0.25, -0.2) is 0 Å². The molecule has 0 aliphatic carbocycles. The minimum atomic E-state index is -0.0500. The van der Waals surface area contributed by atoms with E-state index in [4.69, 9.17) is 0 Å². The lowest BCUT2D eigenvalue weighted by atomic mass is 9.93. The molecule has 1 fully saturated rings. The summed E-state index contributed by atoms with van der Waals surface area (Å²) in [5.74, 6) is 0.971. The van der Waals surface area contributed by atoms with Crippen molar-refractivity contribution < 1.29 is 4.79 Å². The molecule has 0 bridgehead atoms. The molecule has 1 aromatic heterocycles. The van der Waals surface area contributed by atoms with E-state index in [0.717, 1.165) is 37.7 Å². The Bertz CT molecular complexity index is 672. The highest BCUT2D eigenvalue weighted by Crippen LogP contribution is 2.26. The van der Waals surface area contributed by atoms with Crippen LogP contribution in [0.1, 0.15) is 42.2 Å². The average Bonchev–Trinajstić information content (AvgIpc) is 3.25. The molecular weight excluding hydrogens is 390 g/mol. The van der Waals surface area contributed by atoms with Gasteiger partial charge in [0.25, 0.3) is 0 Å². The Morgan fingerprint density at radius 2 is 1.93 bits per heavy atom. The van der Waals surface area contributed by atoms with Gasteiger partial charge in [0.05, 0.1) is 6.04 Å². The van der Waals surface area contributed by atoms with Crippen LogP contribution in [0.15, 0.2) is 47.8 Å². The first-order valence-corrected chi connectivity index (χ1v) is 10.9. The van der Waals surface area contributed by atoms with Gasteiger partial charge >= 0.3 is 0 Å². The van der Waals surface area contributed by atoms with Crippen LogP contribution in [-0.2, 0) is 4.79 Å². The van der Waals surface area contributed by atoms with Crippen molar-refractivity contribution in [3.05, 3.63) is 58.3 Å². The fraction of sp³-hybridized carbons (Fsp3) is 0.500. The molecule has 2 N–H and O–H groups in total. The van der Waals surface area contributed by atoms with Crippen molar-refractivity contribution in [1.29, 1.82) is 0 Å². The van der Waals surface area contributed by atoms with Gasteiger partial charge in [0.15, 0.2) is 0 Å². The highest BCUT2D eigenvalue weighted by Gasteiger charge is 2.21. The lowest BCUT2D eigenvalue weighted by Gasteiger charge is -2.32. The van der Waals surface area contributed by atoms with Crippen molar-refractivity contribution in [3.8, 4) is 0 Å². The maximum atomic E-state index is 12.6. The molecule has 154 valence electrons. The third-order valence-electron chi connectivity index (χ3n) is 5.43. The van der Waals surface area contributed by atoms with Crippen molar-refractivity contribution in [2.24, 2.45) is 5.92 Å². The molecule has 1 aliphatic rings. The predicted octanol–water partition coefficient (Wildman–Crippen LogP) is 4.09. The molecular formula is C22H32ClN3OS. The average molecular weight is 422 g/mol. The zero-order valence-corrected chi connectivity index (χ0v) is 18.2. The van der Waals surface area contributed by atoms with Gasteiger partial charge in [-0.2, -0.15) is 0 Å². The smallest absolute Gasteiger partial charge is 0.222 e. The lowest BCUT2D eigenvalue weighted by Crippen LogP contribution is -2.38. The maximum absolute atomic E-state index is 12.6. The summed E-state index contributed by atoms with van der Waals surface area (Å²) in [6.07, 6.45) is 4.34. The van der Waals surface area contributed by atoms with Gasteiger partial charge in [-0.15, -0.1) is 23.7 Å². The number of nitrogens with zero attached hydrogens (tertiary/aromatic N) is 1. The summed E-state index contributed by atoms with van der Waals surface area (Å²) < 4.78 is 0. The number of rotatable bonds is 9. The highest BCUT2D eigenvalue weighted by atomic mass is 35.5. The first-order chi connectivity index (χ1) is 13.3. The lowest BCUT2D eigenvalue weighted by molar-refractivity contribution is -0.122. The molecule has 1 aromatic carbocycles. The van der Waals surface area contributed by atoms with Gasteiger partial charge in [-0.3, -0.25) is 4.79 Å². The van der Waals surface area contributed by atoms with Gasteiger partial charge in [0.1, 0.15) is 0 Å². The van der Waals surface area contributed by atoms with Crippen LogP contribution in [0.4, 0.5) is 0 Å². The van der Waals surface area contributed by atoms with E-state index in [0.29, 0.717) is 6.42 Å². The Kier molecular flexibility index (Phi) is 9.99. The van der Waals surface area contributed by atoms with Crippen LogP contribution in [0, 0.1) is 5.92 Å². The minimum absolute atomic E-state index is 0. The molecule has 1 saturated heterocycles. The van der Waals surface area contributed by atoms with Crippen LogP contribution in [0.2, 0.25) is 0 Å². The first-order valence-electron chi connectivity index (χ1n) is 10.0. The van der Waals surface area contributed by atoms with Crippen LogP contribution in [0.5, 0.6) is 0 Å². The molecule has 6 heteroatoms. The largest absolute Gasteiger partial charge is 0.344 e. The van der Waals surface area contributed by atoms with E-state index >= 15 is 0 Å². The van der Waals surface area contributed by atoms with Crippen molar-refractivity contribution in [2.45, 2.75) is 31.7 Å².